The van der Waals surface area contributed by atoms with Crippen molar-refractivity contribution >= 4 is 10.9 Å². The zero-order chi connectivity index (χ0) is 20.9. The second-order valence-corrected chi connectivity index (χ2v) is 7.11. The molecule has 1 aromatic heterocycles. The van der Waals surface area contributed by atoms with Crippen molar-refractivity contribution in [1.29, 1.82) is 0 Å². The van der Waals surface area contributed by atoms with Crippen molar-refractivity contribution in [3.8, 4) is 22.9 Å². The first kappa shape index (κ1) is 19.7. The summed E-state index contributed by atoms with van der Waals surface area (Å²) < 4.78 is 12.9. The molecule has 0 atom stereocenters. The predicted octanol–water partition coefficient (Wildman–Crippen LogP) is 4.85. The Labute approximate surface area is 175 Å². The van der Waals surface area contributed by atoms with Crippen molar-refractivity contribution in [3.05, 3.63) is 88.7 Å². The number of rotatable bonds is 7. The van der Waals surface area contributed by atoms with Gasteiger partial charge >= 0.3 is 0 Å². The van der Waals surface area contributed by atoms with Gasteiger partial charge in [0.05, 0.1) is 24.6 Å². The molecule has 30 heavy (non-hydrogen) atoms. The minimum Gasteiger partial charge on any atom is -0.497 e. The smallest absolute Gasteiger partial charge is 0.261 e. The Hall–Kier alpha value is -3.60. The van der Waals surface area contributed by atoms with E-state index in [4.69, 9.17) is 14.5 Å². The van der Waals surface area contributed by atoms with Crippen LogP contribution in [-0.2, 0) is 6.54 Å². The molecule has 0 aliphatic carbocycles. The summed E-state index contributed by atoms with van der Waals surface area (Å²) in [5.41, 5.74) is 2.63. The molecule has 0 spiro atoms. The third-order valence-corrected chi connectivity index (χ3v) is 5.09. The first-order valence-corrected chi connectivity index (χ1v) is 10.00. The van der Waals surface area contributed by atoms with Crippen LogP contribution >= 0.6 is 0 Å². The Morgan fingerprint density at radius 2 is 1.67 bits per heavy atom. The molecule has 152 valence electrons. The molecule has 0 aliphatic heterocycles. The molecule has 3 aromatic carbocycles. The van der Waals surface area contributed by atoms with E-state index >= 15 is 0 Å². The van der Waals surface area contributed by atoms with Gasteiger partial charge in [-0.25, -0.2) is 4.98 Å². The van der Waals surface area contributed by atoms with Gasteiger partial charge in [0.1, 0.15) is 17.3 Å². The summed E-state index contributed by atoms with van der Waals surface area (Å²) in [4.78, 5) is 18.0. The van der Waals surface area contributed by atoms with Crippen LogP contribution in [0.3, 0.4) is 0 Å². The predicted molar refractivity (Wildman–Crippen MR) is 119 cm³/mol. The highest BCUT2D eigenvalue weighted by molar-refractivity contribution is 5.79. The van der Waals surface area contributed by atoms with Crippen molar-refractivity contribution in [1.82, 2.24) is 9.55 Å². The molecular formula is C25H24N2O3. The summed E-state index contributed by atoms with van der Waals surface area (Å²) in [6.45, 7) is 3.06. The third kappa shape index (κ3) is 4.06. The Kier molecular flexibility index (Phi) is 5.80. The Balaban J connectivity index is 1.63. The van der Waals surface area contributed by atoms with Crippen LogP contribution in [0.1, 0.15) is 12.0 Å². The second-order valence-electron chi connectivity index (χ2n) is 7.11. The van der Waals surface area contributed by atoms with Gasteiger partial charge in [-0.05, 0) is 61.4 Å². The van der Waals surface area contributed by atoms with Gasteiger partial charge in [-0.15, -0.1) is 0 Å². The van der Waals surface area contributed by atoms with Crippen LogP contribution in [0.2, 0.25) is 0 Å². The number of ether oxygens (including phenoxy) is 2. The maximum Gasteiger partial charge on any atom is 0.261 e. The number of aryl methyl sites for hydroxylation is 1. The normalized spacial score (nSPS) is 10.9. The maximum atomic E-state index is 13.2. The highest BCUT2D eigenvalue weighted by Gasteiger charge is 2.13. The quantitative estimate of drug-likeness (QED) is 0.416. The standard InChI is InChI=1S/C25H24N2O3/c1-18-8-3-6-11-23(18)30-17-7-16-27-24(19-12-14-20(29-2)15-13-19)26-22-10-5-4-9-21(22)25(27)28/h3-6,8-15H,7,16-17H2,1-2H3. The van der Waals surface area contributed by atoms with Crippen LogP contribution < -0.4 is 15.0 Å². The van der Waals surface area contributed by atoms with E-state index in [9.17, 15) is 4.79 Å². The molecule has 4 rings (SSSR count). The highest BCUT2D eigenvalue weighted by Crippen LogP contribution is 2.22. The minimum atomic E-state index is -0.0395. The number of methoxy groups -OCH3 is 1. The molecular weight excluding hydrogens is 376 g/mol. The van der Waals surface area contributed by atoms with Crippen molar-refractivity contribution in [2.24, 2.45) is 0 Å². The number of benzene rings is 3. The zero-order valence-electron chi connectivity index (χ0n) is 17.2. The molecule has 0 radical (unpaired) electrons. The van der Waals surface area contributed by atoms with Crippen LogP contribution in [0.15, 0.2) is 77.6 Å². The molecule has 0 saturated heterocycles. The highest BCUT2D eigenvalue weighted by atomic mass is 16.5. The van der Waals surface area contributed by atoms with E-state index in [2.05, 4.69) is 0 Å². The molecule has 0 amide bonds. The largest absolute Gasteiger partial charge is 0.497 e. The van der Waals surface area contributed by atoms with Gasteiger partial charge in [-0.3, -0.25) is 9.36 Å². The zero-order valence-corrected chi connectivity index (χ0v) is 17.2. The number of para-hydroxylation sites is 2. The van der Waals surface area contributed by atoms with Crippen LogP contribution in [0, 0.1) is 6.92 Å². The van der Waals surface area contributed by atoms with Crippen LogP contribution in [0.5, 0.6) is 11.5 Å². The molecule has 5 nitrogen and oxygen atoms in total. The van der Waals surface area contributed by atoms with Crippen LogP contribution in [0.4, 0.5) is 0 Å². The van der Waals surface area contributed by atoms with Gasteiger partial charge in [-0.2, -0.15) is 0 Å². The fourth-order valence-corrected chi connectivity index (χ4v) is 3.46. The molecule has 0 N–H and O–H groups in total. The number of aromatic nitrogens is 2. The molecule has 0 bridgehead atoms. The molecule has 1 heterocycles. The fourth-order valence-electron chi connectivity index (χ4n) is 3.46. The van der Waals surface area contributed by atoms with Crippen molar-refractivity contribution in [2.75, 3.05) is 13.7 Å². The van der Waals surface area contributed by atoms with E-state index in [0.29, 0.717) is 36.3 Å². The molecule has 5 heteroatoms. The van der Waals surface area contributed by atoms with Gasteiger partial charge in [0, 0.05) is 12.1 Å². The third-order valence-electron chi connectivity index (χ3n) is 5.09. The SMILES string of the molecule is COc1ccc(-c2nc3ccccc3c(=O)n2CCCOc2ccccc2C)cc1. The summed E-state index contributed by atoms with van der Waals surface area (Å²) in [7, 11) is 1.63. The molecule has 4 aromatic rings. The summed E-state index contributed by atoms with van der Waals surface area (Å²) in [6, 6.07) is 23.0. The lowest BCUT2D eigenvalue weighted by Crippen LogP contribution is -2.24. The molecule has 0 aliphatic rings. The van der Waals surface area contributed by atoms with Crippen molar-refractivity contribution in [3.63, 3.8) is 0 Å². The second kappa shape index (κ2) is 8.82. The summed E-state index contributed by atoms with van der Waals surface area (Å²) in [5.74, 6) is 2.29. The molecule has 0 unspecified atom stereocenters. The Morgan fingerprint density at radius 1 is 0.933 bits per heavy atom. The van der Waals surface area contributed by atoms with E-state index in [1.807, 2.05) is 79.7 Å². The van der Waals surface area contributed by atoms with Gasteiger partial charge in [0.15, 0.2) is 0 Å². The number of hydrogen-bond donors (Lipinski definition) is 0. The van der Waals surface area contributed by atoms with E-state index in [1.54, 1.807) is 11.7 Å². The van der Waals surface area contributed by atoms with Gasteiger partial charge in [0.25, 0.3) is 5.56 Å². The lowest BCUT2D eigenvalue weighted by atomic mass is 10.1. The average Bonchev–Trinajstić information content (AvgIpc) is 2.79. The number of hydrogen-bond acceptors (Lipinski definition) is 4. The first-order chi connectivity index (χ1) is 14.7. The lowest BCUT2D eigenvalue weighted by molar-refractivity contribution is 0.299. The van der Waals surface area contributed by atoms with Crippen molar-refractivity contribution < 1.29 is 9.47 Å². The molecule has 0 fully saturated rings. The topological polar surface area (TPSA) is 53.3 Å². The van der Waals surface area contributed by atoms with Gasteiger partial charge in [-0.1, -0.05) is 30.3 Å². The van der Waals surface area contributed by atoms with Crippen LogP contribution in [-0.4, -0.2) is 23.3 Å². The monoisotopic (exact) mass is 400 g/mol. The van der Waals surface area contributed by atoms with Crippen LogP contribution in [0.25, 0.3) is 22.3 Å². The summed E-state index contributed by atoms with van der Waals surface area (Å²) in [6.07, 6.45) is 0.692. The molecule has 0 saturated carbocycles. The van der Waals surface area contributed by atoms with E-state index < -0.39 is 0 Å². The number of nitrogens with zero attached hydrogens (tertiary/aromatic N) is 2. The fraction of sp³-hybridized carbons (Fsp3) is 0.200. The van der Waals surface area contributed by atoms with E-state index in [1.165, 1.54) is 0 Å². The summed E-state index contributed by atoms with van der Waals surface area (Å²) in [5, 5.41) is 0.620. The van der Waals surface area contributed by atoms with Gasteiger partial charge < -0.3 is 9.47 Å². The van der Waals surface area contributed by atoms with Gasteiger partial charge in [0.2, 0.25) is 0 Å². The van der Waals surface area contributed by atoms with Crippen molar-refractivity contribution in [2.45, 2.75) is 19.9 Å². The Morgan fingerprint density at radius 3 is 2.43 bits per heavy atom. The summed E-state index contributed by atoms with van der Waals surface area (Å²) >= 11 is 0. The van der Waals surface area contributed by atoms with E-state index in [-0.39, 0.29) is 5.56 Å². The average molecular weight is 400 g/mol. The van der Waals surface area contributed by atoms with E-state index in [0.717, 1.165) is 22.6 Å². The Bertz CT molecular complexity index is 1210. The lowest BCUT2D eigenvalue weighted by Gasteiger charge is -2.15. The minimum absolute atomic E-state index is 0.0395. The maximum absolute atomic E-state index is 13.2. The first-order valence-electron chi connectivity index (χ1n) is 10.00. The number of fused-ring (bicyclic) bond motifs is 1.